The smallest absolute Gasteiger partial charge is 0.251 e. The molecule has 0 heterocycles. The third-order valence-electron chi connectivity index (χ3n) is 4.16. The fourth-order valence-corrected chi connectivity index (χ4v) is 2.84. The highest BCUT2D eigenvalue weighted by molar-refractivity contribution is 5.95. The second kappa shape index (κ2) is 7.86. The number of carbonyl (C=O) groups excluding carboxylic acids is 1. The lowest BCUT2D eigenvalue weighted by Crippen LogP contribution is -2.28. The number of ether oxygens (including phenoxy) is 2. The fourth-order valence-electron chi connectivity index (χ4n) is 2.84. The van der Waals surface area contributed by atoms with Crippen molar-refractivity contribution >= 4 is 5.91 Å². The number of benzene rings is 2. The Bertz CT molecular complexity index is 725. The average Bonchev–Trinajstić information content (AvgIpc) is 2.59. The summed E-state index contributed by atoms with van der Waals surface area (Å²) in [4.78, 5) is 12.6. The summed E-state index contributed by atoms with van der Waals surface area (Å²) in [6.07, 6.45) is 0.822. The summed E-state index contributed by atoms with van der Waals surface area (Å²) in [6, 6.07) is 11.5. The highest BCUT2D eigenvalue weighted by Crippen LogP contribution is 2.28. The maximum Gasteiger partial charge on any atom is 0.251 e. The summed E-state index contributed by atoms with van der Waals surface area (Å²) in [5.41, 5.74) is 4.11. The first-order valence-corrected chi connectivity index (χ1v) is 8.10. The van der Waals surface area contributed by atoms with Crippen molar-refractivity contribution in [1.82, 2.24) is 5.32 Å². The number of hydrogen-bond acceptors (Lipinski definition) is 3. The lowest BCUT2D eigenvalue weighted by molar-refractivity contribution is 0.0935. The van der Waals surface area contributed by atoms with Crippen LogP contribution in [0.15, 0.2) is 36.4 Å². The predicted molar refractivity (Wildman–Crippen MR) is 96.0 cm³/mol. The number of nitrogens with one attached hydrogen (secondary N) is 1. The second-order valence-electron chi connectivity index (χ2n) is 5.86. The molecule has 1 amide bonds. The minimum atomic E-state index is -0.122. The van der Waals surface area contributed by atoms with E-state index in [4.69, 9.17) is 9.47 Å². The lowest BCUT2D eigenvalue weighted by Gasteiger charge is -2.20. The highest BCUT2D eigenvalue weighted by Gasteiger charge is 2.17. The highest BCUT2D eigenvalue weighted by atomic mass is 16.5. The van der Waals surface area contributed by atoms with Crippen LogP contribution in [0.25, 0.3) is 0 Å². The Balaban J connectivity index is 2.23. The molecule has 0 aliphatic heterocycles. The van der Waals surface area contributed by atoms with E-state index in [0.29, 0.717) is 17.1 Å². The summed E-state index contributed by atoms with van der Waals surface area (Å²) in [6.45, 7) is 6.21. The fraction of sp³-hybridized carbons (Fsp3) is 0.350. The van der Waals surface area contributed by atoms with Crippen LogP contribution < -0.4 is 14.8 Å². The lowest BCUT2D eigenvalue weighted by atomic mass is 9.97. The molecule has 0 bridgehead atoms. The van der Waals surface area contributed by atoms with Crippen LogP contribution in [-0.4, -0.2) is 20.1 Å². The molecule has 128 valence electrons. The molecule has 0 fully saturated rings. The quantitative estimate of drug-likeness (QED) is 0.865. The zero-order valence-corrected chi connectivity index (χ0v) is 15.0. The van der Waals surface area contributed by atoms with Crippen LogP contribution in [0.4, 0.5) is 0 Å². The molecule has 1 N–H and O–H groups in total. The summed E-state index contributed by atoms with van der Waals surface area (Å²) in [7, 11) is 3.13. The second-order valence-corrected chi connectivity index (χ2v) is 5.86. The Morgan fingerprint density at radius 2 is 1.75 bits per heavy atom. The van der Waals surface area contributed by atoms with Crippen LogP contribution >= 0.6 is 0 Å². The van der Waals surface area contributed by atoms with Crippen molar-refractivity contribution in [1.29, 1.82) is 0 Å². The van der Waals surface area contributed by atoms with Gasteiger partial charge in [0.1, 0.15) is 0 Å². The van der Waals surface area contributed by atoms with E-state index < -0.39 is 0 Å². The number of amides is 1. The molecule has 0 radical (unpaired) electrons. The van der Waals surface area contributed by atoms with Crippen molar-refractivity contribution in [3.8, 4) is 11.5 Å². The van der Waals surface area contributed by atoms with Crippen LogP contribution in [0.1, 0.15) is 46.4 Å². The van der Waals surface area contributed by atoms with Gasteiger partial charge in [-0.3, -0.25) is 4.79 Å². The summed E-state index contributed by atoms with van der Waals surface area (Å²) < 4.78 is 10.5. The molecule has 1 unspecified atom stereocenters. The van der Waals surface area contributed by atoms with Gasteiger partial charge in [0.15, 0.2) is 11.5 Å². The number of aryl methyl sites for hydroxylation is 2. The van der Waals surface area contributed by atoms with Crippen molar-refractivity contribution < 1.29 is 14.3 Å². The Labute approximate surface area is 143 Å². The van der Waals surface area contributed by atoms with Gasteiger partial charge in [-0.15, -0.1) is 0 Å². The van der Waals surface area contributed by atoms with Crippen molar-refractivity contribution in [2.75, 3.05) is 14.2 Å². The van der Waals surface area contributed by atoms with E-state index in [9.17, 15) is 4.79 Å². The minimum Gasteiger partial charge on any atom is -0.493 e. The molecule has 1 atom stereocenters. The van der Waals surface area contributed by atoms with E-state index in [-0.39, 0.29) is 11.9 Å². The Kier molecular flexibility index (Phi) is 5.85. The van der Waals surface area contributed by atoms with Crippen LogP contribution in [0.3, 0.4) is 0 Å². The molecule has 4 heteroatoms. The molecule has 0 saturated heterocycles. The van der Waals surface area contributed by atoms with Gasteiger partial charge in [0.05, 0.1) is 20.3 Å². The van der Waals surface area contributed by atoms with E-state index in [1.807, 2.05) is 0 Å². The van der Waals surface area contributed by atoms with Gasteiger partial charge >= 0.3 is 0 Å². The van der Waals surface area contributed by atoms with Gasteiger partial charge in [-0.1, -0.05) is 30.7 Å². The summed E-state index contributed by atoms with van der Waals surface area (Å²) in [5.74, 6) is 1.03. The summed E-state index contributed by atoms with van der Waals surface area (Å²) >= 11 is 0. The molecule has 0 aromatic heterocycles. The maximum atomic E-state index is 12.6. The number of carbonyl (C=O) groups is 1. The minimum absolute atomic E-state index is 0.0220. The first kappa shape index (κ1) is 17.9. The topological polar surface area (TPSA) is 47.6 Å². The molecule has 0 spiro atoms. The van der Waals surface area contributed by atoms with Crippen LogP contribution in [0.2, 0.25) is 0 Å². The molecule has 0 saturated carbocycles. The monoisotopic (exact) mass is 327 g/mol. The molecule has 4 nitrogen and oxygen atoms in total. The van der Waals surface area contributed by atoms with Gasteiger partial charge in [0.25, 0.3) is 5.91 Å². The van der Waals surface area contributed by atoms with Crippen molar-refractivity contribution in [3.63, 3.8) is 0 Å². The van der Waals surface area contributed by atoms with Gasteiger partial charge in [-0.2, -0.15) is 0 Å². The standard InChI is InChI=1S/C20H25NO3/c1-6-17(16-9-7-13(2)11-14(16)3)21-20(22)15-8-10-18(23-4)19(12-15)24-5/h7-12,17H,6H2,1-5H3,(H,21,22). The zero-order valence-electron chi connectivity index (χ0n) is 15.0. The average molecular weight is 327 g/mol. The number of rotatable bonds is 6. The van der Waals surface area contributed by atoms with Crippen LogP contribution in [0.5, 0.6) is 11.5 Å². The Morgan fingerprint density at radius 1 is 1.04 bits per heavy atom. The third-order valence-corrected chi connectivity index (χ3v) is 4.16. The van der Waals surface area contributed by atoms with Gasteiger partial charge < -0.3 is 14.8 Å². The van der Waals surface area contributed by atoms with E-state index in [1.165, 1.54) is 11.1 Å². The van der Waals surface area contributed by atoms with Crippen molar-refractivity contribution in [3.05, 3.63) is 58.7 Å². The van der Waals surface area contributed by atoms with E-state index in [2.05, 4.69) is 44.3 Å². The molecule has 0 aliphatic rings. The van der Waals surface area contributed by atoms with Gasteiger partial charge in [0.2, 0.25) is 0 Å². The molecule has 2 aromatic rings. The summed E-state index contributed by atoms with van der Waals surface area (Å²) in [5, 5.41) is 3.11. The SMILES string of the molecule is CCC(NC(=O)c1ccc(OC)c(OC)c1)c1ccc(C)cc1C. The molecule has 24 heavy (non-hydrogen) atoms. The van der Waals surface area contributed by atoms with E-state index in [1.54, 1.807) is 32.4 Å². The van der Waals surface area contributed by atoms with E-state index in [0.717, 1.165) is 12.0 Å². The van der Waals surface area contributed by atoms with Crippen molar-refractivity contribution in [2.24, 2.45) is 0 Å². The van der Waals surface area contributed by atoms with Crippen LogP contribution in [0, 0.1) is 13.8 Å². The first-order valence-electron chi connectivity index (χ1n) is 8.10. The molecular weight excluding hydrogens is 302 g/mol. The van der Waals surface area contributed by atoms with Gasteiger partial charge in [-0.05, 0) is 49.6 Å². The van der Waals surface area contributed by atoms with Gasteiger partial charge in [0, 0.05) is 5.56 Å². The van der Waals surface area contributed by atoms with Gasteiger partial charge in [-0.25, -0.2) is 0 Å². The molecule has 2 rings (SSSR count). The Morgan fingerprint density at radius 3 is 2.33 bits per heavy atom. The van der Waals surface area contributed by atoms with Crippen LogP contribution in [-0.2, 0) is 0 Å². The normalized spacial score (nSPS) is 11.7. The van der Waals surface area contributed by atoms with Crippen molar-refractivity contribution in [2.45, 2.75) is 33.2 Å². The predicted octanol–water partition coefficient (Wildman–Crippen LogP) is 4.20. The number of hydrogen-bond donors (Lipinski definition) is 1. The molecular formula is C20H25NO3. The maximum absolute atomic E-state index is 12.6. The third kappa shape index (κ3) is 3.88. The largest absolute Gasteiger partial charge is 0.493 e. The Hall–Kier alpha value is -2.49. The molecule has 0 aliphatic carbocycles. The number of methoxy groups -OCH3 is 2. The first-order chi connectivity index (χ1) is 11.5. The van der Waals surface area contributed by atoms with E-state index >= 15 is 0 Å². The molecule has 2 aromatic carbocycles. The zero-order chi connectivity index (χ0) is 17.7.